The summed E-state index contributed by atoms with van der Waals surface area (Å²) >= 11 is 2.88. The Morgan fingerprint density at radius 2 is 1.18 bits per heavy atom. The largest absolute Gasteiger partial charge is 0.319 e. The van der Waals surface area contributed by atoms with Crippen molar-refractivity contribution in [3.05, 3.63) is 86.7 Å². The summed E-state index contributed by atoms with van der Waals surface area (Å²) in [6, 6.07) is 17.0. The van der Waals surface area contributed by atoms with E-state index < -0.39 is 11.8 Å². The molecule has 0 saturated carbocycles. The lowest BCUT2D eigenvalue weighted by atomic mass is 10.2. The summed E-state index contributed by atoms with van der Waals surface area (Å²) < 4.78 is 5.86. The Morgan fingerprint density at radius 1 is 0.735 bits per heavy atom. The minimum Gasteiger partial charge on any atom is -0.319 e. The van der Waals surface area contributed by atoms with Crippen LogP contribution < -0.4 is 9.60 Å². The standard InChI is InChI=1S/C25H21N5O2S2/c1-14-8-10-18-20(12-14)33-24(29(18)3)27-22(31)16-6-5-7-17(26-16)23(32)28-25-30(4)19-11-9-15(2)13-21(19)34-25/h5-13H,1-4H3. The molecule has 3 aromatic heterocycles. The zero-order valence-corrected chi connectivity index (χ0v) is 20.7. The van der Waals surface area contributed by atoms with E-state index in [-0.39, 0.29) is 11.4 Å². The first-order valence-electron chi connectivity index (χ1n) is 10.6. The van der Waals surface area contributed by atoms with Crippen LogP contribution in [0.15, 0.2) is 64.6 Å². The van der Waals surface area contributed by atoms with Crippen LogP contribution in [0.4, 0.5) is 0 Å². The van der Waals surface area contributed by atoms with E-state index in [1.54, 1.807) is 18.2 Å². The van der Waals surface area contributed by atoms with Gasteiger partial charge in [0.15, 0.2) is 9.60 Å². The van der Waals surface area contributed by atoms with Gasteiger partial charge in [0.1, 0.15) is 11.4 Å². The van der Waals surface area contributed by atoms with Gasteiger partial charge < -0.3 is 9.13 Å². The Morgan fingerprint density at radius 3 is 1.62 bits per heavy atom. The number of thiazole rings is 2. The quantitative estimate of drug-likeness (QED) is 0.373. The second-order valence-corrected chi connectivity index (χ2v) is 10.1. The van der Waals surface area contributed by atoms with Gasteiger partial charge in [-0.15, -0.1) is 0 Å². The molecule has 0 bridgehead atoms. The summed E-state index contributed by atoms with van der Waals surface area (Å²) in [5, 5.41) is 0. The number of hydrogen-bond donors (Lipinski definition) is 0. The van der Waals surface area contributed by atoms with Crippen molar-refractivity contribution in [1.82, 2.24) is 14.1 Å². The molecule has 0 unspecified atom stereocenters. The summed E-state index contributed by atoms with van der Waals surface area (Å²) in [5.41, 5.74) is 4.50. The predicted octanol–water partition coefficient (Wildman–Crippen LogP) is 4.29. The molecule has 5 aromatic rings. The van der Waals surface area contributed by atoms with Gasteiger partial charge in [-0.3, -0.25) is 9.59 Å². The Labute approximate surface area is 203 Å². The van der Waals surface area contributed by atoms with Crippen LogP contribution in [0.2, 0.25) is 0 Å². The van der Waals surface area contributed by atoms with Crippen LogP contribution in [0, 0.1) is 13.8 Å². The summed E-state index contributed by atoms with van der Waals surface area (Å²) in [5.74, 6) is -1.01. The minimum absolute atomic E-state index is 0.103. The van der Waals surface area contributed by atoms with E-state index in [9.17, 15) is 9.59 Å². The molecular formula is C25H21N5O2S2. The van der Waals surface area contributed by atoms with Crippen molar-refractivity contribution in [2.75, 3.05) is 0 Å². The SMILES string of the molecule is Cc1ccc2c(c1)sc(=NC(=O)c1cccc(C(=O)N=c3sc4cc(C)ccc4n3C)n1)n2C. The molecule has 0 atom stereocenters. The number of fused-ring (bicyclic) bond motifs is 2. The highest BCUT2D eigenvalue weighted by molar-refractivity contribution is 7.16. The minimum atomic E-state index is -0.503. The molecule has 0 aliphatic heterocycles. The maximum atomic E-state index is 12.9. The Bertz CT molecular complexity index is 1630. The van der Waals surface area contributed by atoms with Crippen molar-refractivity contribution in [1.29, 1.82) is 0 Å². The molecule has 0 saturated heterocycles. The van der Waals surface area contributed by atoms with Gasteiger partial charge in [0, 0.05) is 14.1 Å². The lowest BCUT2D eigenvalue weighted by Gasteiger charge is -1.99. The number of carbonyl (C=O) groups excluding carboxylic acids is 2. The van der Waals surface area contributed by atoms with E-state index in [1.807, 2.05) is 61.3 Å². The molecule has 0 aliphatic carbocycles. The number of hydrogen-bond acceptors (Lipinski definition) is 5. The van der Waals surface area contributed by atoms with E-state index >= 15 is 0 Å². The van der Waals surface area contributed by atoms with Crippen molar-refractivity contribution in [2.24, 2.45) is 24.1 Å². The van der Waals surface area contributed by atoms with Crippen LogP contribution in [-0.4, -0.2) is 25.9 Å². The first kappa shape index (κ1) is 22.1. The zero-order valence-electron chi connectivity index (χ0n) is 19.1. The fourth-order valence-electron chi connectivity index (χ4n) is 3.66. The molecule has 34 heavy (non-hydrogen) atoms. The number of aromatic nitrogens is 3. The molecule has 170 valence electrons. The number of rotatable bonds is 2. The van der Waals surface area contributed by atoms with Crippen molar-refractivity contribution < 1.29 is 9.59 Å². The Kier molecular flexibility index (Phi) is 5.59. The maximum absolute atomic E-state index is 12.9. The predicted molar refractivity (Wildman–Crippen MR) is 135 cm³/mol. The number of aryl methyl sites for hydroxylation is 4. The molecule has 0 radical (unpaired) electrons. The molecule has 7 nitrogen and oxygen atoms in total. The van der Waals surface area contributed by atoms with Crippen LogP contribution >= 0.6 is 22.7 Å². The van der Waals surface area contributed by atoms with Crippen molar-refractivity contribution in [3.63, 3.8) is 0 Å². The Hall–Kier alpha value is -3.69. The maximum Gasteiger partial charge on any atom is 0.298 e. The van der Waals surface area contributed by atoms with E-state index in [0.717, 1.165) is 31.6 Å². The monoisotopic (exact) mass is 487 g/mol. The van der Waals surface area contributed by atoms with Gasteiger partial charge in [0.05, 0.1) is 20.4 Å². The third-order valence-corrected chi connectivity index (χ3v) is 7.70. The molecule has 0 aliphatic rings. The van der Waals surface area contributed by atoms with E-state index in [4.69, 9.17) is 0 Å². The lowest BCUT2D eigenvalue weighted by Crippen LogP contribution is -2.16. The third kappa shape index (κ3) is 4.04. The van der Waals surface area contributed by atoms with E-state index in [0.29, 0.717) is 9.60 Å². The van der Waals surface area contributed by atoms with Gasteiger partial charge in [-0.25, -0.2) is 4.98 Å². The third-order valence-electron chi connectivity index (χ3n) is 5.51. The topological polar surface area (TPSA) is 81.6 Å². The van der Waals surface area contributed by atoms with Gasteiger partial charge in [-0.1, -0.05) is 40.9 Å². The molecular weight excluding hydrogens is 466 g/mol. The average Bonchev–Trinajstić information content (AvgIpc) is 3.28. The highest BCUT2D eigenvalue weighted by Gasteiger charge is 2.13. The number of pyridine rings is 1. The Balaban J connectivity index is 1.49. The van der Waals surface area contributed by atoms with Gasteiger partial charge in [-0.2, -0.15) is 9.98 Å². The van der Waals surface area contributed by atoms with Crippen LogP contribution in [0.25, 0.3) is 20.4 Å². The molecule has 0 fully saturated rings. The van der Waals surface area contributed by atoms with E-state index in [2.05, 4.69) is 27.1 Å². The highest BCUT2D eigenvalue weighted by Crippen LogP contribution is 2.19. The van der Waals surface area contributed by atoms with Gasteiger partial charge in [-0.05, 0) is 61.4 Å². The first-order valence-corrected chi connectivity index (χ1v) is 12.2. The molecule has 5 rings (SSSR count). The van der Waals surface area contributed by atoms with Crippen LogP contribution in [-0.2, 0) is 14.1 Å². The van der Waals surface area contributed by atoms with Gasteiger partial charge in [0.2, 0.25) is 0 Å². The number of carbonyl (C=O) groups is 2. The first-order chi connectivity index (χ1) is 16.3. The number of nitrogens with zero attached hydrogens (tertiary/aromatic N) is 5. The number of amides is 2. The van der Waals surface area contributed by atoms with Crippen molar-refractivity contribution >= 4 is 54.9 Å². The molecule has 9 heteroatoms. The summed E-state index contributed by atoms with van der Waals surface area (Å²) in [6.07, 6.45) is 0. The summed E-state index contributed by atoms with van der Waals surface area (Å²) in [4.78, 5) is 39.7. The van der Waals surface area contributed by atoms with Crippen LogP contribution in [0.1, 0.15) is 32.1 Å². The molecule has 2 aromatic carbocycles. The molecule has 0 spiro atoms. The molecule has 3 heterocycles. The average molecular weight is 488 g/mol. The lowest BCUT2D eigenvalue weighted by molar-refractivity contribution is 0.0989. The van der Waals surface area contributed by atoms with E-state index in [1.165, 1.54) is 22.7 Å². The zero-order chi connectivity index (χ0) is 24.0. The normalized spacial score (nSPS) is 12.7. The fraction of sp³-hybridized carbons (Fsp3) is 0.160. The van der Waals surface area contributed by atoms with Crippen LogP contribution in [0.5, 0.6) is 0 Å². The number of benzene rings is 2. The van der Waals surface area contributed by atoms with Crippen molar-refractivity contribution in [3.8, 4) is 0 Å². The second kappa shape index (κ2) is 8.58. The second-order valence-electron chi connectivity index (χ2n) is 8.07. The molecule has 0 N–H and O–H groups in total. The van der Waals surface area contributed by atoms with Gasteiger partial charge >= 0.3 is 0 Å². The smallest absolute Gasteiger partial charge is 0.298 e. The summed E-state index contributed by atoms with van der Waals surface area (Å²) in [6.45, 7) is 4.05. The fourth-order valence-corrected chi connectivity index (χ4v) is 5.89. The summed E-state index contributed by atoms with van der Waals surface area (Å²) in [7, 11) is 3.75. The molecule has 2 amide bonds. The van der Waals surface area contributed by atoms with Crippen molar-refractivity contribution in [2.45, 2.75) is 13.8 Å². The van der Waals surface area contributed by atoms with Crippen LogP contribution in [0.3, 0.4) is 0 Å². The van der Waals surface area contributed by atoms with Gasteiger partial charge in [0.25, 0.3) is 11.8 Å². The highest BCUT2D eigenvalue weighted by atomic mass is 32.1.